The molecule has 4 rings (SSSR count). The third kappa shape index (κ3) is 4.16. The summed E-state index contributed by atoms with van der Waals surface area (Å²) in [5.41, 5.74) is 0.579. The quantitative estimate of drug-likeness (QED) is 0.682. The van der Waals surface area contributed by atoms with E-state index >= 15 is 0 Å². The molecule has 1 saturated heterocycles. The topological polar surface area (TPSA) is 114 Å². The van der Waals surface area contributed by atoms with E-state index in [1.165, 1.54) is 4.90 Å². The lowest BCUT2D eigenvalue weighted by molar-refractivity contribution is 0.0763. The van der Waals surface area contributed by atoms with Crippen molar-refractivity contribution in [1.82, 2.24) is 25.3 Å². The fourth-order valence-corrected chi connectivity index (χ4v) is 3.57. The maximum Gasteiger partial charge on any atom is 0.349 e. The van der Waals surface area contributed by atoms with Crippen molar-refractivity contribution >= 4 is 5.91 Å². The van der Waals surface area contributed by atoms with Gasteiger partial charge in [-0.2, -0.15) is 4.98 Å². The summed E-state index contributed by atoms with van der Waals surface area (Å²) in [7, 11) is 1.57. The lowest BCUT2D eigenvalue weighted by atomic mass is 9.95. The fraction of sp³-hybridized carbons (Fsp3) is 0.381. The Morgan fingerprint density at radius 3 is 2.93 bits per heavy atom. The molecule has 9 nitrogen and oxygen atoms in total. The molecule has 156 valence electrons. The number of hydrogen-bond donors (Lipinski definition) is 1. The lowest BCUT2D eigenvalue weighted by Gasteiger charge is -2.22. The summed E-state index contributed by atoms with van der Waals surface area (Å²) in [6, 6.07) is 7.18. The smallest absolute Gasteiger partial charge is 0.349 e. The third-order valence-electron chi connectivity index (χ3n) is 5.16. The molecule has 4 heterocycles. The summed E-state index contributed by atoms with van der Waals surface area (Å²) in [6.07, 6.45) is 3.62. The van der Waals surface area contributed by atoms with E-state index in [0.29, 0.717) is 22.8 Å². The van der Waals surface area contributed by atoms with Crippen molar-refractivity contribution in [3.05, 3.63) is 63.7 Å². The minimum Gasteiger partial charge on any atom is -0.427 e. The predicted molar refractivity (Wildman–Crippen MR) is 108 cm³/mol. The number of carbonyl (C=O) groups is 1. The van der Waals surface area contributed by atoms with Crippen molar-refractivity contribution in [2.45, 2.75) is 32.2 Å². The average molecular weight is 409 g/mol. The highest BCUT2D eigenvalue weighted by molar-refractivity contribution is 5.94. The summed E-state index contributed by atoms with van der Waals surface area (Å²) in [4.78, 5) is 35.3. The minimum atomic E-state index is -0.618. The summed E-state index contributed by atoms with van der Waals surface area (Å²) in [5.74, 6) is 0.912. The normalized spacial score (nSPS) is 16.4. The molecule has 0 radical (unpaired) electrons. The largest absolute Gasteiger partial charge is 0.427 e. The number of rotatable bonds is 5. The Labute approximate surface area is 173 Å². The number of hydrogen-bond acceptors (Lipinski definition) is 8. The van der Waals surface area contributed by atoms with Gasteiger partial charge in [0.25, 0.3) is 5.91 Å². The lowest BCUT2D eigenvalue weighted by Crippen LogP contribution is -2.33. The molecule has 0 bridgehead atoms. The Morgan fingerprint density at radius 2 is 2.23 bits per heavy atom. The molecule has 9 heteroatoms. The third-order valence-corrected chi connectivity index (χ3v) is 5.16. The first-order valence-electron chi connectivity index (χ1n) is 9.87. The molecular weight excluding hydrogens is 386 g/mol. The molecule has 0 aliphatic carbocycles. The molecule has 0 saturated carbocycles. The standard InChI is InChI=1S/C21H23N5O4/c1-13-10-16(14-6-5-8-22-11-14)29-21(28)18(13)20(27)26(2)12-17-24-19(25-30-17)15-7-3-4-9-23-15/h3-4,7,9-10,14,22H,5-6,8,11-12H2,1-2H3. The number of pyridine rings is 1. The van der Waals surface area contributed by atoms with Crippen LogP contribution in [0.1, 0.15) is 46.3 Å². The van der Waals surface area contributed by atoms with E-state index in [4.69, 9.17) is 8.94 Å². The number of amides is 1. The van der Waals surface area contributed by atoms with E-state index in [1.807, 2.05) is 6.07 Å². The van der Waals surface area contributed by atoms with E-state index in [1.54, 1.807) is 38.4 Å². The first-order valence-corrected chi connectivity index (χ1v) is 9.87. The maximum absolute atomic E-state index is 12.9. The highest BCUT2D eigenvalue weighted by Gasteiger charge is 2.25. The van der Waals surface area contributed by atoms with Gasteiger partial charge in [0.1, 0.15) is 23.6 Å². The van der Waals surface area contributed by atoms with Gasteiger partial charge in [-0.25, -0.2) is 4.79 Å². The van der Waals surface area contributed by atoms with Crippen LogP contribution in [-0.2, 0) is 6.54 Å². The van der Waals surface area contributed by atoms with Crippen LogP contribution in [-0.4, -0.2) is 46.1 Å². The van der Waals surface area contributed by atoms with E-state index in [-0.39, 0.29) is 23.9 Å². The van der Waals surface area contributed by atoms with Crippen LogP contribution >= 0.6 is 0 Å². The summed E-state index contributed by atoms with van der Waals surface area (Å²) in [5, 5.41) is 7.20. The van der Waals surface area contributed by atoms with Gasteiger partial charge in [-0.05, 0) is 50.1 Å². The van der Waals surface area contributed by atoms with Crippen molar-refractivity contribution in [3.63, 3.8) is 0 Å². The molecule has 0 spiro atoms. The Hall–Kier alpha value is -3.33. The highest BCUT2D eigenvalue weighted by atomic mass is 16.5. The molecule has 1 unspecified atom stereocenters. The Morgan fingerprint density at radius 1 is 1.37 bits per heavy atom. The van der Waals surface area contributed by atoms with Crippen molar-refractivity contribution in [2.75, 3.05) is 20.1 Å². The molecule has 1 aliphatic heterocycles. The summed E-state index contributed by atoms with van der Waals surface area (Å²) >= 11 is 0. The molecular formula is C21H23N5O4. The SMILES string of the molecule is Cc1cc(C2CCCNC2)oc(=O)c1C(=O)N(C)Cc1nc(-c2ccccn2)no1. The number of nitrogens with one attached hydrogen (secondary N) is 1. The number of aromatic nitrogens is 3. The van der Waals surface area contributed by atoms with Crippen LogP contribution in [0.4, 0.5) is 0 Å². The average Bonchev–Trinajstić information content (AvgIpc) is 3.23. The Bertz CT molecular complexity index is 1090. The van der Waals surface area contributed by atoms with Gasteiger partial charge >= 0.3 is 5.63 Å². The van der Waals surface area contributed by atoms with Crippen LogP contribution in [0.2, 0.25) is 0 Å². The van der Waals surface area contributed by atoms with Gasteiger partial charge in [0.15, 0.2) is 0 Å². The van der Waals surface area contributed by atoms with E-state index < -0.39 is 11.5 Å². The van der Waals surface area contributed by atoms with Gasteiger partial charge in [0, 0.05) is 25.7 Å². The van der Waals surface area contributed by atoms with Crippen LogP contribution < -0.4 is 10.9 Å². The second kappa shape index (κ2) is 8.58. The molecule has 1 amide bonds. The molecule has 1 N–H and O–H groups in total. The zero-order valence-corrected chi connectivity index (χ0v) is 16.9. The van der Waals surface area contributed by atoms with E-state index in [2.05, 4.69) is 20.4 Å². The van der Waals surface area contributed by atoms with Gasteiger partial charge in [0.2, 0.25) is 11.7 Å². The fourth-order valence-electron chi connectivity index (χ4n) is 3.57. The van der Waals surface area contributed by atoms with Crippen molar-refractivity contribution in [1.29, 1.82) is 0 Å². The van der Waals surface area contributed by atoms with Gasteiger partial charge in [-0.1, -0.05) is 11.2 Å². The number of piperidine rings is 1. The molecule has 3 aromatic rings. The Balaban J connectivity index is 1.50. The van der Waals surface area contributed by atoms with Gasteiger partial charge < -0.3 is 19.2 Å². The molecule has 1 fully saturated rings. The predicted octanol–water partition coefficient (Wildman–Crippen LogP) is 2.13. The number of carbonyl (C=O) groups excluding carboxylic acids is 1. The monoisotopic (exact) mass is 409 g/mol. The first-order chi connectivity index (χ1) is 14.5. The van der Waals surface area contributed by atoms with Crippen molar-refractivity contribution in [3.8, 4) is 11.5 Å². The van der Waals surface area contributed by atoms with Crippen LogP contribution in [0.5, 0.6) is 0 Å². The number of aryl methyl sites for hydroxylation is 1. The highest BCUT2D eigenvalue weighted by Crippen LogP contribution is 2.24. The zero-order chi connectivity index (χ0) is 21.1. The van der Waals surface area contributed by atoms with E-state index in [9.17, 15) is 9.59 Å². The molecule has 3 aromatic heterocycles. The van der Waals surface area contributed by atoms with Crippen LogP contribution in [0.3, 0.4) is 0 Å². The van der Waals surface area contributed by atoms with Crippen molar-refractivity contribution in [2.24, 2.45) is 0 Å². The summed E-state index contributed by atoms with van der Waals surface area (Å²) in [6.45, 7) is 3.56. The number of nitrogens with zero attached hydrogens (tertiary/aromatic N) is 4. The molecule has 30 heavy (non-hydrogen) atoms. The van der Waals surface area contributed by atoms with Crippen LogP contribution in [0.25, 0.3) is 11.5 Å². The zero-order valence-electron chi connectivity index (χ0n) is 16.9. The molecule has 1 aliphatic rings. The maximum atomic E-state index is 12.9. The Kier molecular flexibility index (Phi) is 5.71. The van der Waals surface area contributed by atoms with Crippen LogP contribution in [0, 0.1) is 6.92 Å². The first kappa shape index (κ1) is 20.0. The minimum absolute atomic E-state index is 0.0227. The molecule has 1 atom stereocenters. The van der Waals surface area contributed by atoms with Crippen LogP contribution in [0.15, 0.2) is 44.2 Å². The summed E-state index contributed by atoms with van der Waals surface area (Å²) < 4.78 is 10.7. The van der Waals surface area contributed by atoms with E-state index in [0.717, 1.165) is 25.9 Å². The molecule has 0 aromatic carbocycles. The van der Waals surface area contributed by atoms with Gasteiger partial charge in [0.05, 0.1) is 0 Å². The van der Waals surface area contributed by atoms with Gasteiger partial charge in [-0.3, -0.25) is 9.78 Å². The van der Waals surface area contributed by atoms with Gasteiger partial charge in [-0.15, -0.1) is 0 Å². The second-order valence-electron chi connectivity index (χ2n) is 7.43. The second-order valence-corrected chi connectivity index (χ2v) is 7.43. The van der Waals surface area contributed by atoms with Crippen molar-refractivity contribution < 1.29 is 13.7 Å².